The van der Waals surface area contributed by atoms with Crippen LogP contribution >= 0.6 is 0 Å². The Morgan fingerprint density at radius 2 is 1.12 bits per heavy atom. The number of benzene rings is 7. The minimum absolute atomic E-state index is 0.807. The fourth-order valence-corrected chi connectivity index (χ4v) is 8.89. The predicted molar refractivity (Wildman–Crippen MR) is 198 cm³/mol. The molecule has 0 bridgehead atoms. The summed E-state index contributed by atoms with van der Waals surface area (Å²) in [4.78, 5) is 5.40. The lowest BCUT2D eigenvalue weighted by Crippen LogP contribution is -2.05. The summed E-state index contributed by atoms with van der Waals surface area (Å²) in [6, 6.07) is 47.1. The Balaban J connectivity index is 1.27. The lowest BCUT2D eigenvalue weighted by atomic mass is 10.0. The minimum atomic E-state index is 0.807. The van der Waals surface area contributed by atoms with Crippen LogP contribution in [0.25, 0.3) is 116 Å². The van der Waals surface area contributed by atoms with Gasteiger partial charge >= 0.3 is 0 Å². The molecule has 13 rings (SSSR count). The van der Waals surface area contributed by atoms with Crippen molar-refractivity contribution in [2.24, 2.45) is 0 Å². The van der Waals surface area contributed by atoms with E-state index >= 15 is 0 Å². The Bertz CT molecular complexity index is 3510. The second kappa shape index (κ2) is 8.19. The molecule has 0 fully saturated rings. The van der Waals surface area contributed by atoms with Crippen molar-refractivity contribution >= 4 is 104 Å². The normalized spacial score (nSPS) is 12.9. The van der Waals surface area contributed by atoms with E-state index in [0.29, 0.717) is 0 Å². The van der Waals surface area contributed by atoms with E-state index in [-0.39, 0.29) is 0 Å². The fourth-order valence-electron chi connectivity index (χ4n) is 8.89. The molecule has 0 amide bonds. The summed E-state index contributed by atoms with van der Waals surface area (Å²) < 4.78 is 20.3. The maximum Gasteiger partial charge on any atom is 0.220 e. The topological polar surface area (TPSA) is 53.4 Å². The number of nitrogens with zero attached hydrogens (tertiary/aromatic N) is 4. The predicted octanol–water partition coefficient (Wildman–Crippen LogP) is 11.4. The van der Waals surface area contributed by atoms with Gasteiger partial charge in [-0.15, -0.1) is 0 Å². The molecule has 6 aromatic heterocycles. The molecule has 6 heteroatoms. The molecule has 0 radical (unpaired) electrons. The van der Waals surface area contributed by atoms with Crippen LogP contribution in [0, 0.1) is 0 Å². The number of hydrogen-bond donors (Lipinski definition) is 0. The molecule has 6 nitrogen and oxygen atoms in total. The monoisotopic (exact) mass is 626 g/mol. The number of fused-ring (bicyclic) bond motifs is 8. The number of para-hydroxylation sites is 5. The molecule has 0 aliphatic carbocycles. The minimum Gasteiger partial charge on any atom is -0.456 e. The maximum absolute atomic E-state index is 6.62. The van der Waals surface area contributed by atoms with Gasteiger partial charge in [0.1, 0.15) is 16.7 Å². The highest BCUT2D eigenvalue weighted by Gasteiger charge is 2.28. The van der Waals surface area contributed by atoms with Gasteiger partial charge < -0.3 is 13.2 Å². The highest BCUT2D eigenvalue weighted by molar-refractivity contribution is 6.37. The summed E-state index contributed by atoms with van der Waals surface area (Å²) in [6.07, 6.45) is 0. The van der Waals surface area contributed by atoms with Crippen molar-refractivity contribution in [1.82, 2.24) is 18.5 Å². The second-order valence-electron chi connectivity index (χ2n) is 13.1. The molecular formula is C43H22N4O2. The molecule has 6 heterocycles. The van der Waals surface area contributed by atoms with Crippen LogP contribution < -0.4 is 0 Å². The summed E-state index contributed by atoms with van der Waals surface area (Å²) in [5.41, 5.74) is 12.1. The van der Waals surface area contributed by atoms with Crippen LogP contribution in [0.5, 0.6) is 0 Å². The van der Waals surface area contributed by atoms with E-state index in [1.165, 1.54) is 32.6 Å². The third-order valence-corrected chi connectivity index (χ3v) is 10.8. The van der Waals surface area contributed by atoms with Gasteiger partial charge in [0.25, 0.3) is 0 Å². The molecule has 0 aliphatic rings. The number of aromatic nitrogens is 4. The zero-order valence-electron chi connectivity index (χ0n) is 25.8. The first-order chi connectivity index (χ1) is 24.3. The Hall–Kier alpha value is -6.79. The summed E-state index contributed by atoms with van der Waals surface area (Å²) in [5, 5.41) is 9.33. The van der Waals surface area contributed by atoms with Gasteiger partial charge in [0.15, 0.2) is 5.58 Å². The van der Waals surface area contributed by atoms with Gasteiger partial charge in [0, 0.05) is 37.7 Å². The van der Waals surface area contributed by atoms with Gasteiger partial charge in [-0.25, -0.2) is 4.98 Å². The van der Waals surface area contributed by atoms with Gasteiger partial charge in [-0.1, -0.05) is 66.7 Å². The van der Waals surface area contributed by atoms with Crippen LogP contribution in [0.3, 0.4) is 0 Å². The van der Waals surface area contributed by atoms with Crippen LogP contribution in [-0.4, -0.2) is 18.5 Å². The van der Waals surface area contributed by atoms with Crippen LogP contribution in [-0.2, 0) is 0 Å². The van der Waals surface area contributed by atoms with Crippen molar-refractivity contribution in [3.05, 3.63) is 133 Å². The van der Waals surface area contributed by atoms with Crippen LogP contribution in [0.1, 0.15) is 0 Å². The average Bonchev–Trinajstić information content (AvgIpc) is 3.93. The summed E-state index contributed by atoms with van der Waals surface area (Å²) in [7, 11) is 0. The maximum atomic E-state index is 6.62. The first kappa shape index (κ1) is 24.4. The molecule has 0 unspecified atom stereocenters. The lowest BCUT2D eigenvalue weighted by molar-refractivity contribution is 0.665. The molecule has 0 N–H and O–H groups in total. The number of hydrogen-bond acceptors (Lipinski definition) is 3. The van der Waals surface area contributed by atoms with E-state index in [9.17, 15) is 0 Å². The van der Waals surface area contributed by atoms with Crippen molar-refractivity contribution in [3.63, 3.8) is 0 Å². The average molecular weight is 627 g/mol. The van der Waals surface area contributed by atoms with E-state index in [2.05, 4.69) is 135 Å². The largest absolute Gasteiger partial charge is 0.456 e. The molecule has 7 aromatic carbocycles. The quantitative estimate of drug-likeness (QED) is 0.192. The standard InChI is InChI=1S/C43H22N4O2/c1-4-13-28-23(9-1)25-19-21-36-40-39-35(48-36)22-20-32-38(39)37-30(45(28)41(25)40)15-8-16-31(37)47(32)43-44-27-12-3-5-14-29(27)46(43)33-17-7-11-26-24-10-2-6-18-34(24)49-42(26)33/h1-22H. The molecule has 0 saturated heterocycles. The van der Waals surface area contributed by atoms with Crippen LogP contribution in [0.4, 0.5) is 0 Å². The molecule has 0 spiro atoms. The van der Waals surface area contributed by atoms with E-state index < -0.39 is 0 Å². The third-order valence-electron chi connectivity index (χ3n) is 10.8. The van der Waals surface area contributed by atoms with Crippen LogP contribution in [0.15, 0.2) is 142 Å². The van der Waals surface area contributed by atoms with E-state index in [0.717, 1.165) is 83.1 Å². The highest BCUT2D eigenvalue weighted by atomic mass is 16.3. The van der Waals surface area contributed by atoms with Gasteiger partial charge in [-0.3, -0.25) is 9.13 Å². The first-order valence-electron chi connectivity index (χ1n) is 16.6. The van der Waals surface area contributed by atoms with Crippen molar-refractivity contribution in [1.29, 1.82) is 0 Å². The number of rotatable bonds is 2. The zero-order valence-corrected chi connectivity index (χ0v) is 25.8. The number of furan rings is 2. The zero-order chi connectivity index (χ0) is 31.5. The van der Waals surface area contributed by atoms with Gasteiger partial charge in [0.2, 0.25) is 5.95 Å². The summed E-state index contributed by atoms with van der Waals surface area (Å²) in [5.74, 6) is 0.807. The summed E-state index contributed by atoms with van der Waals surface area (Å²) in [6.45, 7) is 0. The third kappa shape index (κ3) is 2.73. The van der Waals surface area contributed by atoms with Gasteiger partial charge in [-0.2, -0.15) is 0 Å². The molecule has 0 aliphatic heterocycles. The Morgan fingerprint density at radius 1 is 0.408 bits per heavy atom. The molecule has 0 atom stereocenters. The fraction of sp³-hybridized carbons (Fsp3) is 0. The van der Waals surface area contributed by atoms with Crippen molar-refractivity contribution in [2.45, 2.75) is 0 Å². The first-order valence-corrected chi connectivity index (χ1v) is 16.6. The van der Waals surface area contributed by atoms with Gasteiger partial charge in [-0.05, 0) is 66.7 Å². The van der Waals surface area contributed by atoms with Gasteiger partial charge in [0.05, 0.1) is 49.7 Å². The van der Waals surface area contributed by atoms with E-state index in [4.69, 9.17) is 13.8 Å². The van der Waals surface area contributed by atoms with E-state index in [1.807, 2.05) is 12.1 Å². The Kier molecular flexibility index (Phi) is 4.08. The second-order valence-corrected chi connectivity index (χ2v) is 13.1. The molecular weight excluding hydrogens is 604 g/mol. The lowest BCUT2D eigenvalue weighted by Gasteiger charge is -2.13. The molecule has 226 valence electrons. The smallest absolute Gasteiger partial charge is 0.220 e. The Morgan fingerprint density at radius 3 is 2.08 bits per heavy atom. The highest BCUT2D eigenvalue weighted by Crippen LogP contribution is 2.48. The summed E-state index contributed by atoms with van der Waals surface area (Å²) >= 11 is 0. The number of imidazole rings is 1. The van der Waals surface area contributed by atoms with Crippen molar-refractivity contribution in [3.8, 4) is 11.6 Å². The molecule has 0 saturated carbocycles. The SMILES string of the molecule is c1ccc2c(c1)nc(-n1c3ccc4oc5ccc6c7ccccc7n7c8cccc1c8c3c4c5c67)n2-c1cccc2c1oc1ccccc12. The molecule has 13 aromatic rings. The van der Waals surface area contributed by atoms with Crippen LogP contribution in [0.2, 0.25) is 0 Å². The van der Waals surface area contributed by atoms with Crippen molar-refractivity contribution < 1.29 is 8.83 Å². The van der Waals surface area contributed by atoms with Crippen molar-refractivity contribution in [2.75, 3.05) is 0 Å². The Labute approximate surface area is 275 Å². The molecule has 49 heavy (non-hydrogen) atoms. The van der Waals surface area contributed by atoms with E-state index in [1.54, 1.807) is 0 Å².